The summed E-state index contributed by atoms with van der Waals surface area (Å²) < 4.78 is 38.2. The third-order valence-electron chi connectivity index (χ3n) is 9.16. The monoisotopic (exact) mass is 608 g/mol. The molecule has 1 saturated carbocycles. The molecule has 0 spiro atoms. The Balaban J connectivity index is 0.967. The van der Waals surface area contributed by atoms with Crippen LogP contribution >= 0.6 is 0 Å². The molecule has 4 aliphatic heterocycles. The van der Waals surface area contributed by atoms with Crippen molar-refractivity contribution in [3.05, 3.63) is 47.5 Å². The summed E-state index contributed by atoms with van der Waals surface area (Å²) in [6, 6.07) is 6.77. The van der Waals surface area contributed by atoms with E-state index in [0.29, 0.717) is 60.0 Å². The van der Waals surface area contributed by atoms with E-state index in [1.165, 1.54) is 6.20 Å². The van der Waals surface area contributed by atoms with Gasteiger partial charge >= 0.3 is 6.09 Å². The summed E-state index contributed by atoms with van der Waals surface area (Å²) >= 11 is 0. The molecule has 1 aliphatic carbocycles. The highest BCUT2D eigenvalue weighted by atomic mass is 19.1. The SMILES string of the molecule is O=C(O)N[C@H]1CO[C@H]1COc1ccc2ncc(F)c(CCC34CCC(NCc5ccc6c(n5)NC(=O)CO6)(CC3)CO4)c2n1. The Bertz CT molecular complexity index is 1580. The van der Waals surface area contributed by atoms with Crippen LogP contribution in [0.2, 0.25) is 0 Å². The second-order valence-electron chi connectivity index (χ2n) is 11.9. The number of aromatic nitrogens is 3. The average molecular weight is 609 g/mol. The van der Waals surface area contributed by atoms with Crippen molar-refractivity contribution in [2.45, 2.75) is 68.4 Å². The third-order valence-corrected chi connectivity index (χ3v) is 9.16. The normalized spacial score (nSPS) is 27.2. The fourth-order valence-corrected chi connectivity index (χ4v) is 6.40. The van der Waals surface area contributed by atoms with Crippen molar-refractivity contribution in [1.82, 2.24) is 25.6 Å². The van der Waals surface area contributed by atoms with Crippen LogP contribution in [0.1, 0.15) is 43.4 Å². The quantitative estimate of drug-likeness (QED) is 0.267. The molecular weight excluding hydrogens is 575 g/mol. The van der Waals surface area contributed by atoms with Gasteiger partial charge in [-0.1, -0.05) is 0 Å². The Kier molecular flexibility index (Phi) is 7.42. The van der Waals surface area contributed by atoms with Gasteiger partial charge in [0.25, 0.3) is 5.91 Å². The third kappa shape index (κ3) is 5.72. The molecule has 232 valence electrons. The molecule has 0 radical (unpaired) electrons. The Morgan fingerprint density at radius 2 is 2.05 bits per heavy atom. The van der Waals surface area contributed by atoms with E-state index >= 15 is 4.39 Å². The van der Waals surface area contributed by atoms with E-state index in [4.69, 9.17) is 24.1 Å². The largest absolute Gasteiger partial charge is 0.480 e. The molecule has 8 rings (SSSR count). The van der Waals surface area contributed by atoms with Gasteiger partial charge in [-0.05, 0) is 56.7 Å². The Hall–Kier alpha value is -4.14. The van der Waals surface area contributed by atoms with Gasteiger partial charge in [0, 0.05) is 23.7 Å². The molecule has 4 N–H and O–H groups in total. The lowest BCUT2D eigenvalue weighted by Gasteiger charge is -2.53. The van der Waals surface area contributed by atoms with E-state index in [-0.39, 0.29) is 42.9 Å². The molecule has 44 heavy (non-hydrogen) atoms. The van der Waals surface area contributed by atoms with Crippen LogP contribution in [0.25, 0.3) is 11.0 Å². The van der Waals surface area contributed by atoms with Crippen LogP contribution in [0.3, 0.4) is 0 Å². The first-order valence-electron chi connectivity index (χ1n) is 14.8. The molecule has 5 aliphatic rings. The van der Waals surface area contributed by atoms with Gasteiger partial charge in [0.05, 0.1) is 47.8 Å². The molecule has 0 aromatic carbocycles. The summed E-state index contributed by atoms with van der Waals surface area (Å²) in [5.41, 5.74) is 1.78. The van der Waals surface area contributed by atoms with Gasteiger partial charge in [-0.3, -0.25) is 9.78 Å². The van der Waals surface area contributed by atoms with Crippen LogP contribution in [-0.2, 0) is 27.2 Å². The number of anilines is 1. The number of hydrogen-bond acceptors (Lipinski definition) is 10. The van der Waals surface area contributed by atoms with Gasteiger partial charge in [-0.15, -0.1) is 0 Å². The first-order valence-corrected chi connectivity index (χ1v) is 14.8. The van der Waals surface area contributed by atoms with E-state index in [9.17, 15) is 9.59 Å². The van der Waals surface area contributed by atoms with Crippen LogP contribution in [0, 0.1) is 5.82 Å². The molecule has 3 saturated heterocycles. The van der Waals surface area contributed by atoms with Gasteiger partial charge in [-0.2, -0.15) is 0 Å². The molecular formula is C30H33FN6O7. The molecule has 0 unspecified atom stereocenters. The summed E-state index contributed by atoms with van der Waals surface area (Å²) in [5.74, 6) is 0.665. The summed E-state index contributed by atoms with van der Waals surface area (Å²) in [6.45, 7) is 1.48. The fraction of sp³-hybridized carbons (Fsp3) is 0.500. The molecule has 3 aromatic rings. The lowest BCUT2D eigenvalue weighted by atomic mass is 9.69. The van der Waals surface area contributed by atoms with Crippen molar-refractivity contribution in [2.24, 2.45) is 0 Å². The van der Waals surface area contributed by atoms with Crippen molar-refractivity contribution < 1.29 is 38.0 Å². The number of rotatable bonds is 10. The second-order valence-corrected chi connectivity index (χ2v) is 11.9. The van der Waals surface area contributed by atoms with E-state index in [1.54, 1.807) is 12.1 Å². The lowest BCUT2D eigenvalue weighted by Crippen LogP contribution is -2.61. The van der Waals surface area contributed by atoms with Gasteiger partial charge in [0.2, 0.25) is 5.88 Å². The number of carboxylic acid groups (broad SMARTS) is 1. The fourth-order valence-electron chi connectivity index (χ4n) is 6.40. The maximum absolute atomic E-state index is 15.1. The minimum atomic E-state index is -1.12. The minimum absolute atomic E-state index is 0.00327. The summed E-state index contributed by atoms with van der Waals surface area (Å²) in [7, 11) is 0. The average Bonchev–Trinajstić information content (AvgIpc) is 3.02. The predicted octanol–water partition coefficient (Wildman–Crippen LogP) is 2.71. The number of ether oxygens (including phenoxy) is 4. The zero-order chi connectivity index (χ0) is 30.3. The van der Waals surface area contributed by atoms with E-state index < -0.39 is 18.0 Å². The minimum Gasteiger partial charge on any atom is -0.480 e. The number of nitrogens with one attached hydrogen (secondary N) is 3. The maximum atomic E-state index is 15.1. The highest BCUT2D eigenvalue weighted by molar-refractivity contribution is 5.94. The van der Waals surface area contributed by atoms with E-state index in [0.717, 1.165) is 31.4 Å². The number of carbonyl (C=O) groups excluding carboxylic acids is 1. The van der Waals surface area contributed by atoms with E-state index in [2.05, 4.69) is 30.9 Å². The molecule has 3 aromatic heterocycles. The summed E-state index contributed by atoms with van der Waals surface area (Å²) in [4.78, 5) is 35.9. The number of pyridine rings is 3. The number of nitrogens with zero attached hydrogens (tertiary/aromatic N) is 3. The molecule has 2 atom stereocenters. The van der Waals surface area contributed by atoms with E-state index in [1.807, 2.05) is 12.1 Å². The Labute approximate surface area is 251 Å². The summed E-state index contributed by atoms with van der Waals surface area (Å²) in [6.07, 6.45) is 4.32. The molecule has 7 heterocycles. The van der Waals surface area contributed by atoms with Crippen molar-refractivity contribution >= 4 is 28.9 Å². The molecule has 4 fully saturated rings. The van der Waals surface area contributed by atoms with Crippen LogP contribution in [0.4, 0.5) is 15.0 Å². The van der Waals surface area contributed by atoms with Gasteiger partial charge in [0.1, 0.15) is 18.5 Å². The van der Waals surface area contributed by atoms with Crippen molar-refractivity contribution in [1.29, 1.82) is 0 Å². The Morgan fingerprint density at radius 1 is 1.18 bits per heavy atom. The maximum Gasteiger partial charge on any atom is 0.405 e. The number of fused-ring (bicyclic) bond motifs is 5. The highest BCUT2D eigenvalue weighted by Crippen LogP contribution is 2.46. The molecule has 14 heteroatoms. The number of aryl methyl sites for hydroxylation is 1. The predicted molar refractivity (Wildman–Crippen MR) is 153 cm³/mol. The van der Waals surface area contributed by atoms with Crippen molar-refractivity contribution in [3.63, 3.8) is 0 Å². The standard InChI is InChI=1S/C30H33FN6O7/c31-19-12-32-20-2-4-25(43-14-23-21(13-41-23)35-28(39)40)37-26(20)18(19)5-6-30-9-7-29(8-10-30,16-44-30)33-11-17-1-3-22-27(34-17)36-24(38)15-42-22/h1-4,12,21,23,33,35H,5-11,13-16H2,(H,39,40)(H,34,36,38)/t21-,23-,29?,30?/m0/s1. The first kappa shape index (κ1) is 28.6. The summed E-state index contributed by atoms with van der Waals surface area (Å²) in [5, 5.41) is 17.7. The van der Waals surface area contributed by atoms with Crippen molar-refractivity contribution in [2.75, 3.05) is 31.7 Å². The zero-order valence-electron chi connectivity index (χ0n) is 23.9. The smallest absolute Gasteiger partial charge is 0.405 e. The lowest BCUT2D eigenvalue weighted by molar-refractivity contribution is -0.165. The molecule has 2 amide bonds. The number of halogens is 1. The van der Waals surface area contributed by atoms with Gasteiger partial charge < -0.3 is 40.0 Å². The van der Waals surface area contributed by atoms with Crippen LogP contribution in [-0.4, -0.2) is 81.8 Å². The highest BCUT2D eigenvalue weighted by Gasteiger charge is 2.49. The van der Waals surface area contributed by atoms with Gasteiger partial charge in [-0.25, -0.2) is 19.2 Å². The number of amides is 2. The zero-order valence-corrected chi connectivity index (χ0v) is 23.9. The van der Waals surface area contributed by atoms with Crippen LogP contribution in [0.15, 0.2) is 30.5 Å². The number of hydrogen-bond donors (Lipinski definition) is 4. The topological polar surface area (TPSA) is 166 Å². The number of carbonyl (C=O) groups is 2. The second kappa shape index (κ2) is 11.4. The molecule has 2 bridgehead atoms. The Morgan fingerprint density at radius 3 is 2.80 bits per heavy atom. The first-order chi connectivity index (χ1) is 21.3. The van der Waals surface area contributed by atoms with Crippen LogP contribution < -0.4 is 25.4 Å². The van der Waals surface area contributed by atoms with Gasteiger partial charge in [0.15, 0.2) is 18.2 Å². The van der Waals surface area contributed by atoms with Crippen molar-refractivity contribution in [3.8, 4) is 11.6 Å². The van der Waals surface area contributed by atoms with Crippen LogP contribution in [0.5, 0.6) is 11.6 Å². The molecule has 13 nitrogen and oxygen atoms in total.